The second kappa shape index (κ2) is 8.34. The molecule has 0 aliphatic heterocycles. The number of nitrogens with one attached hydrogen (secondary N) is 2. The van der Waals surface area contributed by atoms with Crippen LogP contribution in [0.3, 0.4) is 0 Å². The van der Waals surface area contributed by atoms with Gasteiger partial charge in [-0.2, -0.15) is 0 Å². The smallest absolute Gasteiger partial charge is 0.326 e. The number of aliphatic carboxylic acids is 1. The van der Waals surface area contributed by atoms with Crippen molar-refractivity contribution in [1.82, 2.24) is 15.3 Å². The number of aromatic amines is 1. The van der Waals surface area contributed by atoms with Gasteiger partial charge in [0.25, 0.3) is 5.91 Å². The molecule has 1 atom stereocenters. The van der Waals surface area contributed by atoms with Crippen molar-refractivity contribution in [2.24, 2.45) is 0 Å². The van der Waals surface area contributed by atoms with Crippen LogP contribution in [0.5, 0.6) is 5.88 Å². The number of fused-ring (bicyclic) bond motifs is 1. The quantitative estimate of drug-likeness (QED) is 0.571. The van der Waals surface area contributed by atoms with Gasteiger partial charge in [0.1, 0.15) is 12.1 Å². The molecule has 0 radical (unpaired) electrons. The van der Waals surface area contributed by atoms with Crippen LogP contribution in [-0.4, -0.2) is 39.1 Å². The molecular formula is C22H23N3O4. The summed E-state index contributed by atoms with van der Waals surface area (Å²) in [6, 6.07) is 9.88. The van der Waals surface area contributed by atoms with Crippen molar-refractivity contribution in [2.75, 3.05) is 0 Å². The highest BCUT2D eigenvalue weighted by Crippen LogP contribution is 2.23. The summed E-state index contributed by atoms with van der Waals surface area (Å²) in [5.74, 6) is -1.07. The molecule has 0 bridgehead atoms. The average Bonchev–Trinajstić information content (AvgIpc) is 3.38. The average molecular weight is 393 g/mol. The lowest BCUT2D eigenvalue weighted by Gasteiger charge is -2.15. The zero-order chi connectivity index (χ0) is 20.2. The first kappa shape index (κ1) is 19.0. The van der Waals surface area contributed by atoms with Crippen LogP contribution in [-0.2, 0) is 11.2 Å². The summed E-state index contributed by atoms with van der Waals surface area (Å²) in [5, 5.41) is 13.1. The zero-order valence-corrected chi connectivity index (χ0v) is 15.9. The van der Waals surface area contributed by atoms with Gasteiger partial charge in [0, 0.05) is 35.8 Å². The molecule has 3 aromatic rings. The molecule has 4 rings (SSSR count). The van der Waals surface area contributed by atoms with Gasteiger partial charge in [-0.15, -0.1) is 0 Å². The maximum Gasteiger partial charge on any atom is 0.326 e. The number of carboxylic acids is 1. The van der Waals surface area contributed by atoms with Gasteiger partial charge in [-0.05, 0) is 43.4 Å². The van der Waals surface area contributed by atoms with E-state index in [-0.39, 0.29) is 12.5 Å². The van der Waals surface area contributed by atoms with Crippen molar-refractivity contribution in [2.45, 2.75) is 44.2 Å². The lowest BCUT2D eigenvalue weighted by Crippen LogP contribution is -2.42. The molecular weight excluding hydrogens is 370 g/mol. The second-order valence-corrected chi connectivity index (χ2v) is 7.34. The molecule has 150 valence electrons. The van der Waals surface area contributed by atoms with Crippen molar-refractivity contribution in [3.63, 3.8) is 0 Å². The lowest BCUT2D eigenvalue weighted by molar-refractivity contribution is -0.139. The highest BCUT2D eigenvalue weighted by atomic mass is 16.5. The van der Waals surface area contributed by atoms with Crippen molar-refractivity contribution >= 4 is 22.8 Å². The predicted octanol–water partition coefficient (Wildman–Crippen LogP) is 3.31. The summed E-state index contributed by atoms with van der Waals surface area (Å²) in [6.45, 7) is 0. The standard InChI is InChI=1S/C22H23N3O4/c26-21(14-9-10-20(24-12-14)29-16-5-1-2-6-16)25-19(22(27)28)11-15-13-23-18-8-4-3-7-17(15)18/h3-4,7-10,12-13,16,19,23H,1-2,5-6,11H2,(H,25,26)(H,27,28). The largest absolute Gasteiger partial charge is 0.480 e. The van der Waals surface area contributed by atoms with E-state index < -0.39 is 17.9 Å². The number of pyridine rings is 1. The molecule has 2 heterocycles. The van der Waals surface area contributed by atoms with Crippen molar-refractivity contribution in [3.8, 4) is 5.88 Å². The van der Waals surface area contributed by atoms with E-state index >= 15 is 0 Å². The number of carbonyl (C=O) groups excluding carboxylic acids is 1. The summed E-state index contributed by atoms with van der Waals surface area (Å²) in [4.78, 5) is 31.6. The van der Waals surface area contributed by atoms with Gasteiger partial charge < -0.3 is 20.1 Å². The third kappa shape index (κ3) is 4.39. The fourth-order valence-corrected chi connectivity index (χ4v) is 3.72. The Morgan fingerprint density at radius 1 is 1.21 bits per heavy atom. The Morgan fingerprint density at radius 2 is 2.00 bits per heavy atom. The first-order chi connectivity index (χ1) is 14.1. The highest BCUT2D eigenvalue weighted by molar-refractivity contribution is 5.96. The van der Waals surface area contributed by atoms with Crippen LogP contribution in [0.1, 0.15) is 41.6 Å². The molecule has 1 aromatic carbocycles. The number of para-hydroxylation sites is 1. The molecule has 3 N–H and O–H groups in total. The van der Waals surface area contributed by atoms with Crippen LogP contribution < -0.4 is 10.1 Å². The van der Waals surface area contributed by atoms with E-state index in [0.29, 0.717) is 11.4 Å². The number of ether oxygens (including phenoxy) is 1. The minimum atomic E-state index is -1.09. The molecule has 29 heavy (non-hydrogen) atoms. The van der Waals surface area contributed by atoms with Crippen molar-refractivity contribution in [1.29, 1.82) is 0 Å². The van der Waals surface area contributed by atoms with E-state index in [4.69, 9.17) is 4.74 Å². The SMILES string of the molecule is O=C(NC(Cc1c[nH]c2ccccc12)C(=O)O)c1ccc(OC2CCCC2)nc1. The van der Waals surface area contributed by atoms with Crippen LogP contribution in [0.2, 0.25) is 0 Å². The number of hydrogen-bond donors (Lipinski definition) is 3. The van der Waals surface area contributed by atoms with Gasteiger partial charge in [-0.1, -0.05) is 18.2 Å². The van der Waals surface area contributed by atoms with Crippen LogP contribution in [0.4, 0.5) is 0 Å². The molecule has 1 saturated carbocycles. The third-order valence-corrected chi connectivity index (χ3v) is 5.29. The number of aromatic nitrogens is 2. The Balaban J connectivity index is 1.42. The number of nitrogens with zero attached hydrogens (tertiary/aromatic N) is 1. The summed E-state index contributed by atoms with van der Waals surface area (Å²) in [7, 11) is 0. The molecule has 7 heteroatoms. The fourth-order valence-electron chi connectivity index (χ4n) is 3.72. The molecule has 0 spiro atoms. The Morgan fingerprint density at radius 3 is 2.72 bits per heavy atom. The van der Waals surface area contributed by atoms with Crippen molar-refractivity contribution < 1.29 is 19.4 Å². The maximum atomic E-state index is 12.5. The minimum absolute atomic E-state index is 0.182. The van der Waals surface area contributed by atoms with Gasteiger partial charge in [0.15, 0.2) is 0 Å². The van der Waals surface area contributed by atoms with Crippen LogP contribution in [0.25, 0.3) is 10.9 Å². The predicted molar refractivity (Wildman–Crippen MR) is 108 cm³/mol. The molecule has 1 amide bonds. The summed E-state index contributed by atoms with van der Waals surface area (Å²) < 4.78 is 5.80. The van der Waals surface area contributed by atoms with E-state index in [9.17, 15) is 14.7 Å². The van der Waals surface area contributed by atoms with E-state index in [2.05, 4.69) is 15.3 Å². The number of rotatable bonds is 7. The van der Waals surface area contributed by atoms with Crippen LogP contribution in [0, 0.1) is 0 Å². The molecule has 1 fully saturated rings. The fraction of sp³-hybridized carbons (Fsp3) is 0.318. The lowest BCUT2D eigenvalue weighted by atomic mass is 10.0. The number of carboxylic acid groups (broad SMARTS) is 1. The molecule has 0 saturated heterocycles. The van der Waals surface area contributed by atoms with Gasteiger partial charge in [-0.3, -0.25) is 4.79 Å². The Labute approximate surface area is 168 Å². The number of amides is 1. The normalized spacial score (nSPS) is 15.3. The Bertz CT molecular complexity index is 1010. The van der Waals surface area contributed by atoms with E-state index in [1.165, 1.54) is 6.20 Å². The highest BCUT2D eigenvalue weighted by Gasteiger charge is 2.23. The third-order valence-electron chi connectivity index (χ3n) is 5.29. The van der Waals surface area contributed by atoms with Crippen molar-refractivity contribution in [3.05, 3.63) is 59.9 Å². The van der Waals surface area contributed by atoms with Crippen LogP contribution >= 0.6 is 0 Å². The number of H-pyrrole nitrogens is 1. The number of hydrogen-bond acceptors (Lipinski definition) is 4. The first-order valence-corrected chi connectivity index (χ1v) is 9.81. The van der Waals surface area contributed by atoms with Gasteiger partial charge >= 0.3 is 5.97 Å². The Kier molecular flexibility index (Phi) is 5.46. The number of benzene rings is 1. The Hall–Kier alpha value is -3.35. The number of carbonyl (C=O) groups is 2. The van der Waals surface area contributed by atoms with Crippen LogP contribution in [0.15, 0.2) is 48.8 Å². The zero-order valence-electron chi connectivity index (χ0n) is 15.9. The summed E-state index contributed by atoms with van der Waals surface area (Å²) in [5.41, 5.74) is 2.07. The van der Waals surface area contributed by atoms with Gasteiger partial charge in [0.2, 0.25) is 5.88 Å². The summed E-state index contributed by atoms with van der Waals surface area (Å²) in [6.07, 6.45) is 7.95. The molecule has 2 aromatic heterocycles. The van der Waals surface area contributed by atoms with E-state index in [0.717, 1.165) is 42.1 Å². The maximum absolute atomic E-state index is 12.5. The molecule has 1 aliphatic carbocycles. The van der Waals surface area contributed by atoms with Gasteiger partial charge in [-0.25, -0.2) is 9.78 Å². The molecule has 1 aliphatic rings. The molecule has 1 unspecified atom stereocenters. The second-order valence-electron chi connectivity index (χ2n) is 7.34. The first-order valence-electron chi connectivity index (χ1n) is 9.81. The molecule has 7 nitrogen and oxygen atoms in total. The topological polar surface area (TPSA) is 104 Å². The van der Waals surface area contributed by atoms with E-state index in [1.807, 2.05) is 24.3 Å². The van der Waals surface area contributed by atoms with Gasteiger partial charge in [0.05, 0.1) is 5.56 Å². The van der Waals surface area contributed by atoms with E-state index in [1.54, 1.807) is 18.3 Å². The minimum Gasteiger partial charge on any atom is -0.480 e. The monoisotopic (exact) mass is 393 g/mol. The summed E-state index contributed by atoms with van der Waals surface area (Å²) >= 11 is 0.